The highest BCUT2D eigenvalue weighted by atomic mass is 16.5. The molecule has 0 spiro atoms. The van der Waals surface area contributed by atoms with Gasteiger partial charge >= 0.3 is 11.9 Å². The van der Waals surface area contributed by atoms with Crippen molar-refractivity contribution in [2.75, 3.05) is 6.61 Å². The van der Waals surface area contributed by atoms with Crippen molar-refractivity contribution in [3.05, 3.63) is 78.4 Å². The van der Waals surface area contributed by atoms with Crippen LogP contribution < -0.4 is 9.47 Å². The Morgan fingerprint density at radius 1 is 0.931 bits per heavy atom. The zero-order valence-corrected chi connectivity index (χ0v) is 16.6. The first-order valence-corrected chi connectivity index (χ1v) is 9.61. The van der Waals surface area contributed by atoms with Gasteiger partial charge in [-0.3, -0.25) is 0 Å². The second-order valence-electron chi connectivity index (χ2n) is 6.33. The molecule has 5 nitrogen and oxygen atoms in total. The Bertz CT molecular complexity index is 819. The molecular formula is C24H26O5. The smallest absolute Gasteiger partial charge is 0.336 e. The second-order valence-corrected chi connectivity index (χ2v) is 6.33. The molecule has 0 amide bonds. The number of benzene rings is 2. The minimum Gasteiger partial charge on any atom is -0.494 e. The Kier molecular flexibility index (Phi) is 9.22. The molecule has 29 heavy (non-hydrogen) atoms. The first kappa shape index (κ1) is 22.0. The van der Waals surface area contributed by atoms with E-state index in [1.807, 2.05) is 24.3 Å². The highest BCUT2D eigenvalue weighted by Gasteiger charge is 2.02. The largest absolute Gasteiger partial charge is 0.494 e. The van der Waals surface area contributed by atoms with Crippen LogP contribution in [-0.2, 0) is 20.9 Å². The Hall–Kier alpha value is -3.34. The van der Waals surface area contributed by atoms with Crippen molar-refractivity contribution >= 4 is 18.0 Å². The molecule has 0 saturated heterocycles. The monoisotopic (exact) mass is 394 g/mol. The third-order valence-electron chi connectivity index (χ3n) is 4.00. The third kappa shape index (κ3) is 8.47. The van der Waals surface area contributed by atoms with Crippen molar-refractivity contribution in [2.45, 2.75) is 32.8 Å². The van der Waals surface area contributed by atoms with Gasteiger partial charge in [0.15, 0.2) is 0 Å². The maximum atomic E-state index is 12.0. The summed E-state index contributed by atoms with van der Waals surface area (Å²) in [7, 11) is 0. The molecule has 0 bridgehead atoms. The molecule has 0 aliphatic heterocycles. The fourth-order valence-corrected chi connectivity index (χ4v) is 2.40. The number of carbonyl (C=O) groups is 2. The third-order valence-corrected chi connectivity index (χ3v) is 4.00. The molecule has 2 rings (SSSR count). The zero-order valence-electron chi connectivity index (χ0n) is 16.6. The van der Waals surface area contributed by atoms with Crippen molar-refractivity contribution in [3.63, 3.8) is 0 Å². The van der Waals surface area contributed by atoms with Crippen molar-refractivity contribution in [3.8, 4) is 11.5 Å². The van der Waals surface area contributed by atoms with Crippen molar-refractivity contribution in [1.29, 1.82) is 0 Å². The van der Waals surface area contributed by atoms with Gasteiger partial charge in [0.1, 0.15) is 18.1 Å². The van der Waals surface area contributed by atoms with Crippen LogP contribution in [0.15, 0.2) is 67.3 Å². The molecule has 0 aliphatic carbocycles. The van der Waals surface area contributed by atoms with Gasteiger partial charge in [-0.25, -0.2) is 9.59 Å². The standard InChI is InChI=1S/C24H26O5/c1-3-5-6-17-27-21-12-14-22(15-13-21)29-24(26)16-11-19-7-9-20(10-8-19)18-28-23(25)4-2/h4,7-16H,2-3,5-6,17-18H2,1H3. The van der Waals surface area contributed by atoms with Gasteiger partial charge in [-0.1, -0.05) is 50.6 Å². The quantitative estimate of drug-likeness (QED) is 0.230. The molecule has 0 atom stereocenters. The molecule has 0 unspecified atom stereocenters. The summed E-state index contributed by atoms with van der Waals surface area (Å²) in [6.07, 6.45) is 7.47. The minimum atomic E-state index is -0.467. The Morgan fingerprint density at radius 2 is 1.62 bits per heavy atom. The van der Waals surface area contributed by atoms with Gasteiger partial charge in [-0.15, -0.1) is 0 Å². The number of hydrogen-bond donors (Lipinski definition) is 0. The molecular weight excluding hydrogens is 368 g/mol. The molecule has 0 fully saturated rings. The SMILES string of the molecule is C=CC(=O)OCc1ccc(C=CC(=O)Oc2ccc(OCCCCC)cc2)cc1. The lowest BCUT2D eigenvalue weighted by atomic mass is 10.1. The lowest BCUT2D eigenvalue weighted by Crippen LogP contribution is -2.03. The van der Waals surface area contributed by atoms with E-state index in [1.165, 1.54) is 6.08 Å². The molecule has 0 aromatic heterocycles. The van der Waals surface area contributed by atoms with Gasteiger partial charge in [0, 0.05) is 12.2 Å². The van der Waals surface area contributed by atoms with Gasteiger partial charge in [0.05, 0.1) is 6.61 Å². The number of unbranched alkanes of at least 4 members (excludes halogenated alkanes) is 2. The van der Waals surface area contributed by atoms with Crippen molar-refractivity contribution in [1.82, 2.24) is 0 Å². The first-order valence-electron chi connectivity index (χ1n) is 9.61. The predicted molar refractivity (Wildman–Crippen MR) is 113 cm³/mol. The van der Waals surface area contributed by atoms with Crippen LogP contribution in [0, 0.1) is 0 Å². The van der Waals surface area contributed by atoms with Crippen LogP contribution >= 0.6 is 0 Å². The van der Waals surface area contributed by atoms with E-state index in [9.17, 15) is 9.59 Å². The van der Waals surface area contributed by atoms with Crippen LogP contribution in [0.4, 0.5) is 0 Å². The summed E-state index contributed by atoms with van der Waals surface area (Å²) in [4.78, 5) is 23.0. The number of carbonyl (C=O) groups excluding carboxylic acids is 2. The van der Waals surface area contributed by atoms with Crippen LogP contribution in [0.5, 0.6) is 11.5 Å². The molecule has 2 aromatic rings. The summed E-state index contributed by atoms with van der Waals surface area (Å²) in [5, 5.41) is 0. The summed E-state index contributed by atoms with van der Waals surface area (Å²) < 4.78 is 15.9. The van der Waals surface area contributed by atoms with E-state index in [0.29, 0.717) is 12.4 Å². The van der Waals surface area contributed by atoms with Crippen LogP contribution in [-0.4, -0.2) is 18.5 Å². The van der Waals surface area contributed by atoms with E-state index in [4.69, 9.17) is 14.2 Å². The number of rotatable bonds is 11. The van der Waals surface area contributed by atoms with E-state index < -0.39 is 11.9 Å². The van der Waals surface area contributed by atoms with E-state index in [1.54, 1.807) is 30.3 Å². The fraction of sp³-hybridized carbons (Fsp3) is 0.250. The summed E-state index contributed by atoms with van der Waals surface area (Å²) >= 11 is 0. The van der Waals surface area contributed by atoms with E-state index >= 15 is 0 Å². The fourth-order valence-electron chi connectivity index (χ4n) is 2.40. The topological polar surface area (TPSA) is 61.8 Å². The van der Waals surface area contributed by atoms with Gasteiger partial charge < -0.3 is 14.2 Å². The van der Waals surface area contributed by atoms with Crippen LogP contribution in [0.3, 0.4) is 0 Å². The van der Waals surface area contributed by atoms with Crippen LogP contribution in [0.1, 0.15) is 37.3 Å². The highest BCUT2D eigenvalue weighted by molar-refractivity contribution is 5.88. The minimum absolute atomic E-state index is 0.176. The van der Waals surface area contributed by atoms with E-state index in [2.05, 4.69) is 13.5 Å². The number of esters is 2. The average molecular weight is 394 g/mol. The van der Waals surface area contributed by atoms with Gasteiger partial charge in [-0.05, 0) is 47.9 Å². The normalized spacial score (nSPS) is 10.5. The summed E-state index contributed by atoms with van der Waals surface area (Å²) in [5.74, 6) is 0.286. The summed E-state index contributed by atoms with van der Waals surface area (Å²) in [6.45, 7) is 6.36. The molecule has 0 heterocycles. The Balaban J connectivity index is 1.80. The van der Waals surface area contributed by atoms with E-state index in [0.717, 1.165) is 42.2 Å². The maximum Gasteiger partial charge on any atom is 0.336 e. The highest BCUT2D eigenvalue weighted by Crippen LogP contribution is 2.18. The van der Waals surface area contributed by atoms with Crippen LogP contribution in [0.25, 0.3) is 6.08 Å². The van der Waals surface area contributed by atoms with Gasteiger partial charge in [-0.2, -0.15) is 0 Å². The lowest BCUT2D eigenvalue weighted by molar-refractivity contribution is -0.139. The lowest BCUT2D eigenvalue weighted by Gasteiger charge is -2.06. The van der Waals surface area contributed by atoms with Crippen molar-refractivity contribution < 1.29 is 23.8 Å². The second kappa shape index (κ2) is 12.2. The predicted octanol–water partition coefficient (Wildman–Crippen LogP) is 5.10. The molecule has 0 saturated carbocycles. The maximum absolute atomic E-state index is 12.0. The van der Waals surface area contributed by atoms with Crippen LogP contribution in [0.2, 0.25) is 0 Å². The molecule has 5 heteroatoms. The first-order chi connectivity index (χ1) is 14.1. The summed E-state index contributed by atoms with van der Waals surface area (Å²) in [5.41, 5.74) is 1.67. The average Bonchev–Trinajstić information content (AvgIpc) is 2.75. The van der Waals surface area contributed by atoms with E-state index in [-0.39, 0.29) is 6.61 Å². The Labute approximate surface area is 171 Å². The number of hydrogen-bond acceptors (Lipinski definition) is 5. The Morgan fingerprint density at radius 3 is 2.28 bits per heavy atom. The number of ether oxygens (including phenoxy) is 3. The summed E-state index contributed by atoms with van der Waals surface area (Å²) in [6, 6.07) is 14.3. The molecule has 0 aliphatic rings. The molecule has 2 aromatic carbocycles. The zero-order chi connectivity index (χ0) is 20.9. The molecule has 152 valence electrons. The van der Waals surface area contributed by atoms with Crippen molar-refractivity contribution in [2.24, 2.45) is 0 Å². The molecule has 0 radical (unpaired) electrons. The van der Waals surface area contributed by atoms with Gasteiger partial charge in [0.25, 0.3) is 0 Å². The van der Waals surface area contributed by atoms with Gasteiger partial charge in [0.2, 0.25) is 0 Å². The molecule has 0 N–H and O–H groups in total.